The zero-order valence-electron chi connectivity index (χ0n) is 17.1. The van der Waals surface area contributed by atoms with Gasteiger partial charge in [-0.3, -0.25) is 9.59 Å². The van der Waals surface area contributed by atoms with Gasteiger partial charge in [-0.2, -0.15) is 8.78 Å². The second-order valence-electron chi connectivity index (χ2n) is 6.44. The Balaban J connectivity index is 1.86. The Bertz CT molecular complexity index is 877. The number of ether oxygens (including phenoxy) is 3. The Hall–Kier alpha value is -3.40. The van der Waals surface area contributed by atoms with Crippen LogP contribution in [0.15, 0.2) is 42.5 Å². The third kappa shape index (κ3) is 7.74. The topological polar surface area (TPSA) is 106 Å². The molecule has 1 atom stereocenters. The second kappa shape index (κ2) is 11.7. The first-order valence-electron chi connectivity index (χ1n) is 9.34. The summed E-state index contributed by atoms with van der Waals surface area (Å²) < 4.78 is 39.0. The Labute approximate surface area is 178 Å². The van der Waals surface area contributed by atoms with Gasteiger partial charge in [0, 0.05) is 5.69 Å². The van der Waals surface area contributed by atoms with Crippen LogP contribution in [-0.4, -0.2) is 50.4 Å². The molecule has 1 amide bonds. The SMILES string of the molecule is COc1ccc(CCNC(CC(=O)Nc2ccc(OC(F)F)cc2)C(=O)O)cc1OC. The van der Waals surface area contributed by atoms with Crippen LogP contribution in [0.3, 0.4) is 0 Å². The van der Waals surface area contributed by atoms with Crippen molar-refractivity contribution >= 4 is 17.6 Å². The highest BCUT2D eigenvalue weighted by atomic mass is 19.3. The molecular weight excluding hydrogens is 414 g/mol. The highest BCUT2D eigenvalue weighted by Crippen LogP contribution is 2.27. The highest BCUT2D eigenvalue weighted by Gasteiger charge is 2.20. The van der Waals surface area contributed by atoms with Crippen molar-refractivity contribution in [3.63, 3.8) is 0 Å². The lowest BCUT2D eigenvalue weighted by Gasteiger charge is -2.15. The number of methoxy groups -OCH3 is 2. The van der Waals surface area contributed by atoms with Gasteiger partial charge in [0.05, 0.1) is 20.6 Å². The summed E-state index contributed by atoms with van der Waals surface area (Å²) in [7, 11) is 3.06. The molecule has 8 nitrogen and oxygen atoms in total. The van der Waals surface area contributed by atoms with E-state index in [-0.39, 0.29) is 12.2 Å². The molecular formula is C21H24F2N2O6. The molecule has 1 unspecified atom stereocenters. The number of amides is 1. The first-order chi connectivity index (χ1) is 14.8. The summed E-state index contributed by atoms with van der Waals surface area (Å²) in [4.78, 5) is 23.7. The third-order valence-electron chi connectivity index (χ3n) is 4.30. The van der Waals surface area contributed by atoms with Crippen molar-refractivity contribution in [2.45, 2.75) is 25.5 Å². The molecule has 3 N–H and O–H groups in total. The average molecular weight is 438 g/mol. The number of hydrogen-bond acceptors (Lipinski definition) is 6. The van der Waals surface area contributed by atoms with Gasteiger partial charge in [0.15, 0.2) is 11.5 Å². The lowest BCUT2D eigenvalue weighted by atomic mass is 10.1. The van der Waals surface area contributed by atoms with E-state index < -0.39 is 24.5 Å². The van der Waals surface area contributed by atoms with Gasteiger partial charge in [-0.1, -0.05) is 6.07 Å². The van der Waals surface area contributed by atoms with Crippen LogP contribution in [0.5, 0.6) is 17.2 Å². The standard InChI is InChI=1S/C21H24F2N2O6/c1-29-17-8-3-13(11-18(17)30-2)9-10-24-16(20(27)28)12-19(26)25-14-4-6-15(7-5-14)31-21(22)23/h3-8,11,16,21,24H,9-10,12H2,1-2H3,(H,25,26)(H,27,28). The molecule has 168 valence electrons. The number of rotatable bonds is 12. The third-order valence-corrected chi connectivity index (χ3v) is 4.30. The zero-order valence-corrected chi connectivity index (χ0v) is 17.1. The summed E-state index contributed by atoms with van der Waals surface area (Å²) in [5.41, 5.74) is 1.24. The van der Waals surface area contributed by atoms with Crippen molar-refractivity contribution < 1.29 is 37.7 Å². The van der Waals surface area contributed by atoms with Gasteiger partial charge in [-0.25, -0.2) is 0 Å². The van der Waals surface area contributed by atoms with Crippen molar-refractivity contribution in [1.82, 2.24) is 5.32 Å². The number of carboxylic acid groups (broad SMARTS) is 1. The van der Waals surface area contributed by atoms with Crippen molar-refractivity contribution in [1.29, 1.82) is 0 Å². The molecule has 0 aliphatic rings. The number of carboxylic acids is 1. The second-order valence-corrected chi connectivity index (χ2v) is 6.44. The Morgan fingerprint density at radius 1 is 1.03 bits per heavy atom. The largest absolute Gasteiger partial charge is 0.493 e. The molecule has 2 aromatic carbocycles. The lowest BCUT2D eigenvalue weighted by molar-refractivity contribution is -0.141. The van der Waals surface area contributed by atoms with E-state index in [1.54, 1.807) is 12.1 Å². The van der Waals surface area contributed by atoms with E-state index in [4.69, 9.17) is 9.47 Å². The number of aliphatic carboxylic acids is 1. The van der Waals surface area contributed by atoms with E-state index in [2.05, 4.69) is 15.4 Å². The minimum atomic E-state index is -2.94. The van der Waals surface area contributed by atoms with Crippen LogP contribution in [-0.2, 0) is 16.0 Å². The fraction of sp³-hybridized carbons (Fsp3) is 0.333. The molecule has 0 radical (unpaired) electrons. The van der Waals surface area contributed by atoms with Crippen LogP contribution >= 0.6 is 0 Å². The van der Waals surface area contributed by atoms with E-state index in [0.717, 1.165) is 5.56 Å². The van der Waals surface area contributed by atoms with Crippen molar-refractivity contribution in [2.75, 3.05) is 26.1 Å². The number of carbonyl (C=O) groups excluding carboxylic acids is 1. The van der Waals surface area contributed by atoms with Crippen LogP contribution in [0, 0.1) is 0 Å². The van der Waals surface area contributed by atoms with Gasteiger partial charge in [0.1, 0.15) is 11.8 Å². The minimum absolute atomic E-state index is 0.0479. The lowest BCUT2D eigenvalue weighted by Crippen LogP contribution is -2.40. The smallest absolute Gasteiger partial charge is 0.387 e. The summed E-state index contributed by atoms with van der Waals surface area (Å²) in [6.07, 6.45) is 0.202. The Morgan fingerprint density at radius 2 is 1.71 bits per heavy atom. The minimum Gasteiger partial charge on any atom is -0.493 e. The van der Waals surface area contributed by atoms with E-state index in [9.17, 15) is 23.5 Å². The molecule has 31 heavy (non-hydrogen) atoms. The van der Waals surface area contributed by atoms with Crippen molar-refractivity contribution in [2.24, 2.45) is 0 Å². The van der Waals surface area contributed by atoms with Crippen LogP contribution in [0.25, 0.3) is 0 Å². The first-order valence-corrected chi connectivity index (χ1v) is 9.34. The molecule has 2 aromatic rings. The van der Waals surface area contributed by atoms with Crippen LogP contribution < -0.4 is 24.8 Å². The van der Waals surface area contributed by atoms with Gasteiger partial charge < -0.3 is 30.0 Å². The summed E-state index contributed by atoms with van der Waals surface area (Å²) in [6.45, 7) is -2.62. The number of benzene rings is 2. The Morgan fingerprint density at radius 3 is 2.29 bits per heavy atom. The van der Waals surface area contributed by atoms with Crippen molar-refractivity contribution in [3.8, 4) is 17.2 Å². The van der Waals surface area contributed by atoms with Gasteiger partial charge in [0.2, 0.25) is 5.91 Å². The molecule has 0 saturated carbocycles. The summed E-state index contributed by atoms with van der Waals surface area (Å²) in [5, 5.41) is 14.8. The zero-order chi connectivity index (χ0) is 22.8. The molecule has 0 aliphatic heterocycles. The molecule has 0 fully saturated rings. The number of alkyl halides is 2. The van der Waals surface area contributed by atoms with Gasteiger partial charge in [-0.15, -0.1) is 0 Å². The maximum atomic E-state index is 12.2. The average Bonchev–Trinajstić information content (AvgIpc) is 2.73. The maximum absolute atomic E-state index is 12.2. The highest BCUT2D eigenvalue weighted by molar-refractivity contribution is 5.94. The fourth-order valence-corrected chi connectivity index (χ4v) is 2.79. The summed E-state index contributed by atoms with van der Waals surface area (Å²) in [5.74, 6) is -0.586. The maximum Gasteiger partial charge on any atom is 0.387 e. The molecule has 0 aromatic heterocycles. The van der Waals surface area contributed by atoms with Crippen LogP contribution in [0.4, 0.5) is 14.5 Å². The predicted octanol–water partition coefficient (Wildman–Crippen LogP) is 2.92. The van der Waals surface area contributed by atoms with Gasteiger partial charge in [0.25, 0.3) is 0 Å². The van der Waals surface area contributed by atoms with E-state index in [1.165, 1.54) is 38.5 Å². The monoisotopic (exact) mass is 438 g/mol. The predicted molar refractivity (Wildman–Crippen MR) is 109 cm³/mol. The van der Waals surface area contributed by atoms with Crippen LogP contribution in [0.2, 0.25) is 0 Å². The summed E-state index contributed by atoms with van der Waals surface area (Å²) >= 11 is 0. The summed E-state index contributed by atoms with van der Waals surface area (Å²) in [6, 6.07) is 9.62. The van der Waals surface area contributed by atoms with Crippen LogP contribution in [0.1, 0.15) is 12.0 Å². The molecule has 0 aliphatic carbocycles. The molecule has 2 rings (SSSR count). The number of halogens is 2. The molecule has 10 heteroatoms. The number of carbonyl (C=O) groups is 2. The Kier molecular flexibility index (Phi) is 9.01. The van der Waals surface area contributed by atoms with E-state index in [0.29, 0.717) is 30.2 Å². The molecule has 0 heterocycles. The first kappa shape index (κ1) is 23.9. The molecule has 0 saturated heterocycles. The normalized spacial score (nSPS) is 11.6. The van der Waals surface area contributed by atoms with E-state index in [1.807, 2.05) is 6.07 Å². The number of anilines is 1. The molecule has 0 spiro atoms. The molecule has 0 bridgehead atoms. The van der Waals surface area contributed by atoms with Gasteiger partial charge in [-0.05, 0) is 54.9 Å². The van der Waals surface area contributed by atoms with Crippen molar-refractivity contribution in [3.05, 3.63) is 48.0 Å². The number of hydrogen-bond donors (Lipinski definition) is 3. The number of nitrogens with one attached hydrogen (secondary N) is 2. The quantitative estimate of drug-likeness (QED) is 0.468. The van der Waals surface area contributed by atoms with E-state index >= 15 is 0 Å². The van der Waals surface area contributed by atoms with Gasteiger partial charge >= 0.3 is 12.6 Å². The fourth-order valence-electron chi connectivity index (χ4n) is 2.79.